The maximum absolute atomic E-state index is 12.9. The second-order valence-corrected chi connectivity index (χ2v) is 6.61. The fraction of sp³-hybridized carbons (Fsp3) is 0.150. The number of hydrogen-bond donors (Lipinski definition) is 3. The van der Waals surface area contributed by atoms with Crippen molar-refractivity contribution in [1.29, 1.82) is 0 Å². The highest BCUT2D eigenvalue weighted by Crippen LogP contribution is 2.28. The highest BCUT2D eigenvalue weighted by Gasteiger charge is 2.49. The minimum atomic E-state index is -1.18. The number of urea groups is 1. The number of carbonyl (C=O) groups excluding carboxylic acids is 3. The first-order valence-electron chi connectivity index (χ1n) is 8.54. The summed E-state index contributed by atoms with van der Waals surface area (Å²) < 4.78 is 0. The molecule has 7 nitrogen and oxygen atoms in total. The van der Waals surface area contributed by atoms with Crippen LogP contribution in [0, 0.1) is 0 Å². The quantitative estimate of drug-likeness (QED) is 0.623. The third-order valence-electron chi connectivity index (χ3n) is 4.80. The van der Waals surface area contributed by atoms with Gasteiger partial charge in [0.05, 0.1) is 5.69 Å². The molecule has 1 aliphatic rings. The third-order valence-corrected chi connectivity index (χ3v) is 4.80. The van der Waals surface area contributed by atoms with Crippen LogP contribution in [-0.4, -0.2) is 34.3 Å². The van der Waals surface area contributed by atoms with Crippen LogP contribution in [0.3, 0.4) is 0 Å². The Hall–Kier alpha value is -3.61. The van der Waals surface area contributed by atoms with Gasteiger partial charge in [-0.3, -0.25) is 14.5 Å². The fourth-order valence-electron chi connectivity index (χ4n) is 3.34. The van der Waals surface area contributed by atoms with Crippen molar-refractivity contribution in [2.24, 2.45) is 0 Å². The molecule has 136 valence electrons. The van der Waals surface area contributed by atoms with Gasteiger partial charge in [0.1, 0.15) is 12.1 Å². The maximum Gasteiger partial charge on any atom is 0.325 e. The van der Waals surface area contributed by atoms with Crippen LogP contribution in [0.15, 0.2) is 60.8 Å². The smallest absolute Gasteiger partial charge is 0.325 e. The van der Waals surface area contributed by atoms with Crippen LogP contribution in [0.5, 0.6) is 0 Å². The van der Waals surface area contributed by atoms with Crippen molar-refractivity contribution in [3.05, 3.63) is 66.4 Å². The van der Waals surface area contributed by atoms with Gasteiger partial charge in [-0.2, -0.15) is 0 Å². The van der Waals surface area contributed by atoms with E-state index in [4.69, 9.17) is 0 Å². The first-order chi connectivity index (χ1) is 13.0. The molecule has 3 N–H and O–H groups in total. The molecule has 3 aromatic rings. The molecule has 1 unspecified atom stereocenters. The molecule has 2 aromatic carbocycles. The molecular formula is C20H18N4O3. The Labute approximate surface area is 155 Å². The van der Waals surface area contributed by atoms with E-state index in [9.17, 15) is 14.4 Å². The van der Waals surface area contributed by atoms with Crippen LogP contribution in [0.2, 0.25) is 0 Å². The zero-order valence-corrected chi connectivity index (χ0v) is 14.7. The Morgan fingerprint density at radius 2 is 1.85 bits per heavy atom. The summed E-state index contributed by atoms with van der Waals surface area (Å²) in [5, 5.41) is 6.33. The van der Waals surface area contributed by atoms with Crippen LogP contribution in [0.25, 0.3) is 10.9 Å². The van der Waals surface area contributed by atoms with Gasteiger partial charge in [0.25, 0.3) is 5.91 Å². The van der Waals surface area contributed by atoms with Crippen molar-refractivity contribution >= 4 is 34.4 Å². The molecule has 2 heterocycles. The Morgan fingerprint density at radius 3 is 2.63 bits per heavy atom. The van der Waals surface area contributed by atoms with Crippen LogP contribution in [0.1, 0.15) is 12.5 Å². The number of imide groups is 1. The van der Waals surface area contributed by atoms with Crippen LogP contribution in [-0.2, 0) is 15.1 Å². The van der Waals surface area contributed by atoms with Gasteiger partial charge in [0.2, 0.25) is 5.91 Å². The summed E-state index contributed by atoms with van der Waals surface area (Å²) >= 11 is 0. The molecule has 1 atom stereocenters. The lowest BCUT2D eigenvalue weighted by molar-refractivity contribution is -0.133. The number of nitrogens with one attached hydrogen (secondary N) is 3. The van der Waals surface area contributed by atoms with Gasteiger partial charge in [0.15, 0.2) is 0 Å². The predicted octanol–water partition coefficient (Wildman–Crippen LogP) is 2.57. The molecule has 1 saturated heterocycles. The minimum Gasteiger partial charge on any atom is -0.361 e. The number of amides is 4. The lowest BCUT2D eigenvalue weighted by atomic mass is 9.92. The molecule has 0 radical (unpaired) electrons. The van der Waals surface area contributed by atoms with E-state index in [1.54, 1.807) is 43.5 Å². The highest BCUT2D eigenvalue weighted by molar-refractivity contribution is 6.11. The summed E-state index contributed by atoms with van der Waals surface area (Å²) in [6, 6.07) is 15.7. The van der Waals surface area contributed by atoms with Gasteiger partial charge in [-0.1, -0.05) is 36.4 Å². The maximum atomic E-state index is 12.9. The van der Waals surface area contributed by atoms with E-state index < -0.39 is 23.4 Å². The predicted molar refractivity (Wildman–Crippen MR) is 101 cm³/mol. The Bertz CT molecular complexity index is 1040. The van der Waals surface area contributed by atoms with Crippen LogP contribution < -0.4 is 10.6 Å². The zero-order chi connectivity index (χ0) is 19.0. The summed E-state index contributed by atoms with van der Waals surface area (Å²) in [4.78, 5) is 41.7. The molecule has 1 aliphatic heterocycles. The Kier molecular flexibility index (Phi) is 3.92. The minimum absolute atomic E-state index is 0.353. The van der Waals surface area contributed by atoms with Gasteiger partial charge in [-0.25, -0.2) is 4.79 Å². The van der Waals surface area contributed by atoms with E-state index in [0.29, 0.717) is 11.3 Å². The van der Waals surface area contributed by atoms with Gasteiger partial charge in [0, 0.05) is 17.1 Å². The number of hydrogen-bond acceptors (Lipinski definition) is 3. The SMILES string of the molecule is CC1(c2ccccc2)NC(=O)N(CC(=O)Nc2cccc3[nH]ccc23)C1=O. The second kappa shape index (κ2) is 6.28. The summed E-state index contributed by atoms with van der Waals surface area (Å²) in [7, 11) is 0. The third kappa shape index (κ3) is 2.83. The van der Waals surface area contributed by atoms with Crippen molar-refractivity contribution in [2.75, 3.05) is 11.9 Å². The topological polar surface area (TPSA) is 94.3 Å². The zero-order valence-electron chi connectivity index (χ0n) is 14.7. The molecule has 1 fully saturated rings. The Morgan fingerprint density at radius 1 is 1.07 bits per heavy atom. The largest absolute Gasteiger partial charge is 0.361 e. The van der Waals surface area contributed by atoms with Crippen LogP contribution in [0.4, 0.5) is 10.5 Å². The van der Waals surface area contributed by atoms with E-state index in [1.807, 2.05) is 24.3 Å². The number of aromatic nitrogens is 1. The number of anilines is 1. The van der Waals surface area contributed by atoms with E-state index in [1.165, 1.54) is 0 Å². The number of aromatic amines is 1. The van der Waals surface area contributed by atoms with Crippen molar-refractivity contribution in [3.8, 4) is 0 Å². The number of nitrogens with zero attached hydrogens (tertiary/aromatic N) is 1. The standard InChI is InChI=1S/C20H18N4O3/c1-20(13-6-3-2-4-7-13)18(26)24(19(27)23-20)12-17(25)22-16-9-5-8-15-14(16)10-11-21-15/h2-11,21H,12H2,1H3,(H,22,25)(H,23,27). The van der Waals surface area contributed by atoms with Gasteiger partial charge < -0.3 is 15.6 Å². The van der Waals surface area contributed by atoms with E-state index in [0.717, 1.165) is 15.8 Å². The van der Waals surface area contributed by atoms with Crippen molar-refractivity contribution in [1.82, 2.24) is 15.2 Å². The summed E-state index contributed by atoms with van der Waals surface area (Å²) in [6.45, 7) is 1.29. The molecule has 7 heteroatoms. The van der Waals surface area contributed by atoms with Crippen molar-refractivity contribution < 1.29 is 14.4 Å². The van der Waals surface area contributed by atoms with Crippen molar-refractivity contribution in [3.63, 3.8) is 0 Å². The molecule has 0 aliphatic carbocycles. The van der Waals surface area contributed by atoms with E-state index in [2.05, 4.69) is 15.6 Å². The van der Waals surface area contributed by atoms with Gasteiger partial charge in [-0.15, -0.1) is 0 Å². The molecule has 4 rings (SSSR count). The molecule has 27 heavy (non-hydrogen) atoms. The lowest BCUT2D eigenvalue weighted by Gasteiger charge is -2.22. The fourth-order valence-corrected chi connectivity index (χ4v) is 3.34. The van der Waals surface area contributed by atoms with E-state index in [-0.39, 0.29) is 6.54 Å². The summed E-state index contributed by atoms with van der Waals surface area (Å²) in [5.41, 5.74) is 0.999. The highest BCUT2D eigenvalue weighted by atomic mass is 16.2. The van der Waals surface area contributed by atoms with Crippen LogP contribution >= 0.6 is 0 Å². The molecule has 1 aromatic heterocycles. The number of rotatable bonds is 4. The second-order valence-electron chi connectivity index (χ2n) is 6.61. The van der Waals surface area contributed by atoms with Gasteiger partial charge >= 0.3 is 6.03 Å². The lowest BCUT2D eigenvalue weighted by Crippen LogP contribution is -2.42. The number of fused-ring (bicyclic) bond motifs is 1. The summed E-state index contributed by atoms with van der Waals surface area (Å²) in [6.07, 6.45) is 1.78. The van der Waals surface area contributed by atoms with Gasteiger partial charge in [-0.05, 0) is 30.7 Å². The normalized spacial score (nSPS) is 19.4. The monoisotopic (exact) mass is 362 g/mol. The molecule has 0 bridgehead atoms. The number of H-pyrrole nitrogens is 1. The first-order valence-corrected chi connectivity index (χ1v) is 8.54. The Balaban J connectivity index is 1.52. The van der Waals surface area contributed by atoms with Crippen molar-refractivity contribution in [2.45, 2.75) is 12.5 Å². The number of carbonyl (C=O) groups is 3. The molecular weight excluding hydrogens is 344 g/mol. The molecule has 4 amide bonds. The molecule has 0 saturated carbocycles. The average Bonchev–Trinajstić information content (AvgIpc) is 3.23. The summed E-state index contributed by atoms with van der Waals surface area (Å²) in [5.74, 6) is -0.891. The molecule has 0 spiro atoms. The average molecular weight is 362 g/mol. The van der Waals surface area contributed by atoms with E-state index >= 15 is 0 Å². The first kappa shape index (κ1) is 16.8. The number of benzene rings is 2.